The van der Waals surface area contributed by atoms with Crippen LogP contribution in [0, 0.1) is 5.41 Å². The molecule has 1 saturated carbocycles. The minimum Gasteiger partial charge on any atom is -0.0885 e. The molecule has 0 aromatic carbocycles. The minimum atomic E-state index is 0.748. The van der Waals surface area contributed by atoms with Gasteiger partial charge in [-0.25, -0.2) is 0 Å². The van der Waals surface area contributed by atoms with Crippen LogP contribution in [0.5, 0.6) is 0 Å². The lowest BCUT2D eigenvalue weighted by atomic mass is 9.95. The molecule has 0 N–H and O–H groups in total. The molecule has 1 spiro atoms. The van der Waals surface area contributed by atoms with Crippen molar-refractivity contribution in [1.29, 1.82) is 0 Å². The Morgan fingerprint density at radius 2 is 1.33 bits per heavy atom. The van der Waals surface area contributed by atoms with Crippen LogP contribution in [0.2, 0.25) is 0 Å². The normalized spacial score (nSPS) is 30.0. The Bertz CT molecular complexity index is 194. The molecule has 2 aliphatic carbocycles. The second kappa shape index (κ2) is 3.47. The zero-order valence-corrected chi connectivity index (χ0v) is 7.76. The van der Waals surface area contributed by atoms with Crippen LogP contribution >= 0.6 is 0 Å². The molecule has 0 unspecified atom stereocenters. The molecule has 66 valence electrons. The highest BCUT2D eigenvalue weighted by Gasteiger charge is 2.40. The monoisotopic (exact) mass is 162 g/mol. The third-order valence-corrected chi connectivity index (χ3v) is 3.18. The van der Waals surface area contributed by atoms with Gasteiger partial charge in [-0.2, -0.15) is 0 Å². The van der Waals surface area contributed by atoms with E-state index in [1.54, 1.807) is 0 Å². The topological polar surface area (TPSA) is 0 Å². The van der Waals surface area contributed by atoms with E-state index in [-0.39, 0.29) is 0 Å². The Morgan fingerprint density at radius 1 is 0.667 bits per heavy atom. The van der Waals surface area contributed by atoms with Crippen LogP contribution in [-0.4, -0.2) is 0 Å². The molecule has 0 amide bonds. The van der Waals surface area contributed by atoms with E-state index in [2.05, 4.69) is 24.3 Å². The minimum absolute atomic E-state index is 0.748. The molecule has 0 aliphatic heterocycles. The van der Waals surface area contributed by atoms with Gasteiger partial charge in [-0.05, 0) is 50.4 Å². The van der Waals surface area contributed by atoms with Crippen LogP contribution in [0.25, 0.3) is 0 Å². The summed E-state index contributed by atoms with van der Waals surface area (Å²) in [7, 11) is 0. The number of rotatable bonds is 0. The molecule has 0 aromatic heterocycles. The van der Waals surface area contributed by atoms with Crippen LogP contribution in [0.1, 0.15) is 44.9 Å². The first kappa shape index (κ1) is 8.10. The third kappa shape index (κ3) is 2.00. The largest absolute Gasteiger partial charge is 0.0885 e. The first-order valence-electron chi connectivity index (χ1n) is 5.21. The summed E-state index contributed by atoms with van der Waals surface area (Å²) in [4.78, 5) is 0. The van der Waals surface area contributed by atoms with Gasteiger partial charge < -0.3 is 0 Å². The summed E-state index contributed by atoms with van der Waals surface area (Å²) < 4.78 is 0. The van der Waals surface area contributed by atoms with E-state index in [0.29, 0.717) is 0 Å². The van der Waals surface area contributed by atoms with E-state index >= 15 is 0 Å². The molecule has 0 aromatic rings. The van der Waals surface area contributed by atoms with Gasteiger partial charge in [0.2, 0.25) is 0 Å². The quantitative estimate of drug-likeness (QED) is 0.475. The van der Waals surface area contributed by atoms with Gasteiger partial charge in [0.15, 0.2) is 0 Å². The van der Waals surface area contributed by atoms with E-state index < -0.39 is 0 Å². The van der Waals surface area contributed by atoms with Gasteiger partial charge >= 0.3 is 0 Å². The molecule has 0 atom stereocenters. The number of allylic oxidation sites excluding steroid dienone is 4. The average molecular weight is 162 g/mol. The van der Waals surface area contributed by atoms with Gasteiger partial charge in [-0.1, -0.05) is 24.3 Å². The predicted octanol–water partition coefficient (Wildman–Crippen LogP) is 3.84. The van der Waals surface area contributed by atoms with Crippen LogP contribution in [0.15, 0.2) is 24.3 Å². The lowest BCUT2D eigenvalue weighted by molar-refractivity contribution is 0.476. The van der Waals surface area contributed by atoms with Crippen molar-refractivity contribution in [2.24, 2.45) is 5.41 Å². The summed E-state index contributed by atoms with van der Waals surface area (Å²) in [5.74, 6) is 0. The van der Waals surface area contributed by atoms with Crippen molar-refractivity contribution in [3.63, 3.8) is 0 Å². The Balaban J connectivity index is 1.93. The predicted molar refractivity (Wildman–Crippen MR) is 53.0 cm³/mol. The first-order chi connectivity index (χ1) is 5.91. The maximum absolute atomic E-state index is 2.41. The molecular weight excluding hydrogens is 144 g/mol. The first-order valence-corrected chi connectivity index (χ1v) is 5.21. The average Bonchev–Trinajstić information content (AvgIpc) is 2.84. The standard InChI is InChI=1S/C12H18/c1-2-4-6-8-12(10-11-12)9-7-5-3-1/h2,4-5,7H,1,3,6,8-11H2/b4-2?,7-5+. The summed E-state index contributed by atoms with van der Waals surface area (Å²) in [6, 6.07) is 0. The highest BCUT2D eigenvalue weighted by Crippen LogP contribution is 2.53. The van der Waals surface area contributed by atoms with Crippen molar-refractivity contribution in [3.8, 4) is 0 Å². The molecular formula is C12H18. The SMILES string of the molecule is C1=CCCC2(C/C=C/CC1)CC2. The maximum Gasteiger partial charge on any atom is -0.0260 e. The van der Waals surface area contributed by atoms with Crippen LogP contribution < -0.4 is 0 Å². The molecule has 0 nitrogen and oxygen atoms in total. The highest BCUT2D eigenvalue weighted by atomic mass is 14.4. The number of hydrogen-bond donors (Lipinski definition) is 0. The van der Waals surface area contributed by atoms with E-state index in [1.807, 2.05) is 0 Å². The van der Waals surface area contributed by atoms with Gasteiger partial charge in [0.1, 0.15) is 0 Å². The summed E-state index contributed by atoms with van der Waals surface area (Å²) in [5.41, 5.74) is 0.748. The van der Waals surface area contributed by atoms with Crippen molar-refractivity contribution in [1.82, 2.24) is 0 Å². The van der Waals surface area contributed by atoms with Crippen LogP contribution in [0.3, 0.4) is 0 Å². The Morgan fingerprint density at radius 3 is 2.08 bits per heavy atom. The fraction of sp³-hybridized carbons (Fsp3) is 0.667. The van der Waals surface area contributed by atoms with Crippen LogP contribution in [0.4, 0.5) is 0 Å². The lowest BCUT2D eigenvalue weighted by Gasteiger charge is -2.11. The molecule has 0 saturated heterocycles. The van der Waals surface area contributed by atoms with E-state index in [4.69, 9.17) is 0 Å². The van der Waals surface area contributed by atoms with Gasteiger partial charge in [0.05, 0.1) is 0 Å². The molecule has 2 rings (SSSR count). The van der Waals surface area contributed by atoms with Crippen molar-refractivity contribution < 1.29 is 0 Å². The molecule has 0 bridgehead atoms. The second-order valence-electron chi connectivity index (χ2n) is 4.26. The Labute approximate surface area is 75.4 Å². The Hall–Kier alpha value is -0.520. The fourth-order valence-electron chi connectivity index (χ4n) is 2.00. The zero-order valence-electron chi connectivity index (χ0n) is 7.76. The molecule has 0 radical (unpaired) electrons. The van der Waals surface area contributed by atoms with Gasteiger partial charge in [-0.15, -0.1) is 0 Å². The molecule has 2 aliphatic rings. The van der Waals surface area contributed by atoms with E-state index in [1.165, 1.54) is 44.9 Å². The zero-order chi connectivity index (χ0) is 8.28. The highest BCUT2D eigenvalue weighted by molar-refractivity contribution is 5.02. The van der Waals surface area contributed by atoms with E-state index in [9.17, 15) is 0 Å². The van der Waals surface area contributed by atoms with Crippen molar-refractivity contribution in [2.45, 2.75) is 44.9 Å². The van der Waals surface area contributed by atoms with E-state index in [0.717, 1.165) is 5.41 Å². The van der Waals surface area contributed by atoms with Gasteiger partial charge in [0, 0.05) is 0 Å². The van der Waals surface area contributed by atoms with Gasteiger partial charge in [-0.3, -0.25) is 0 Å². The summed E-state index contributed by atoms with van der Waals surface area (Å²) in [6.45, 7) is 0. The summed E-state index contributed by atoms with van der Waals surface area (Å²) in [5, 5.41) is 0. The molecule has 12 heavy (non-hydrogen) atoms. The van der Waals surface area contributed by atoms with Crippen molar-refractivity contribution >= 4 is 0 Å². The molecule has 1 fully saturated rings. The number of hydrogen-bond acceptors (Lipinski definition) is 0. The molecule has 0 heteroatoms. The summed E-state index contributed by atoms with van der Waals surface area (Å²) >= 11 is 0. The molecule has 0 heterocycles. The third-order valence-electron chi connectivity index (χ3n) is 3.18. The smallest absolute Gasteiger partial charge is 0.0260 e. The van der Waals surface area contributed by atoms with Gasteiger partial charge in [0.25, 0.3) is 0 Å². The second-order valence-corrected chi connectivity index (χ2v) is 4.26. The summed E-state index contributed by atoms with van der Waals surface area (Å²) in [6.07, 6.45) is 19.0. The fourth-order valence-corrected chi connectivity index (χ4v) is 2.00. The Kier molecular flexibility index (Phi) is 2.34. The van der Waals surface area contributed by atoms with Crippen LogP contribution in [-0.2, 0) is 0 Å². The lowest BCUT2D eigenvalue weighted by Crippen LogP contribution is -1.97. The van der Waals surface area contributed by atoms with Crippen molar-refractivity contribution in [2.75, 3.05) is 0 Å². The van der Waals surface area contributed by atoms with Crippen molar-refractivity contribution in [3.05, 3.63) is 24.3 Å². The maximum atomic E-state index is 2.41.